The average molecular weight is 135 g/mol. The van der Waals surface area contributed by atoms with Crippen molar-refractivity contribution in [1.82, 2.24) is 0 Å². The molecule has 0 aliphatic carbocycles. The lowest BCUT2D eigenvalue weighted by molar-refractivity contribution is 0.565. The highest BCUT2D eigenvalue weighted by molar-refractivity contribution is 5.40. The van der Waals surface area contributed by atoms with Crippen molar-refractivity contribution in [2.24, 2.45) is 4.99 Å². The van der Waals surface area contributed by atoms with E-state index in [4.69, 9.17) is 0 Å². The maximum atomic E-state index is 9.76. The summed E-state index contributed by atoms with van der Waals surface area (Å²) in [5, 5.41) is 0. The molecule has 0 aliphatic rings. The topological polar surface area (TPSA) is 29.4 Å². The van der Waals surface area contributed by atoms with Gasteiger partial charge >= 0.3 is 0 Å². The molecule has 10 heavy (non-hydrogen) atoms. The van der Waals surface area contributed by atoms with Gasteiger partial charge in [-0.3, -0.25) is 0 Å². The zero-order chi connectivity index (χ0) is 7.82. The molecule has 2 heteroatoms. The second-order valence-electron chi connectivity index (χ2n) is 1.53. The van der Waals surface area contributed by atoms with E-state index in [9.17, 15) is 4.79 Å². The van der Waals surface area contributed by atoms with Crippen molar-refractivity contribution >= 4 is 6.08 Å². The number of hydrogen-bond acceptors (Lipinski definition) is 2. The number of nitrogens with zero attached hydrogens (tertiary/aromatic N) is 1. The molecule has 52 valence electrons. The van der Waals surface area contributed by atoms with E-state index < -0.39 is 0 Å². The Bertz CT molecular complexity index is 207. The van der Waals surface area contributed by atoms with E-state index in [1.165, 1.54) is 6.08 Å². The minimum absolute atomic E-state index is 0.563. The van der Waals surface area contributed by atoms with Gasteiger partial charge in [0.05, 0.1) is 5.70 Å². The lowest BCUT2D eigenvalue weighted by Gasteiger charge is -1.83. The molecule has 0 N–H and O–H groups in total. The van der Waals surface area contributed by atoms with Crippen LogP contribution in [-0.4, -0.2) is 6.08 Å². The van der Waals surface area contributed by atoms with Gasteiger partial charge in [0, 0.05) is 0 Å². The van der Waals surface area contributed by atoms with Gasteiger partial charge in [-0.15, -0.1) is 0 Å². The predicted octanol–water partition coefficient (Wildman–Crippen LogP) is 1.97. The van der Waals surface area contributed by atoms with Gasteiger partial charge in [-0.05, 0) is 19.1 Å². The van der Waals surface area contributed by atoms with E-state index in [2.05, 4.69) is 11.6 Å². The molecule has 0 unspecified atom stereocenters. The largest absolute Gasteiger partial charge is 0.240 e. The Morgan fingerprint density at radius 2 is 2.40 bits per heavy atom. The number of aliphatic imine (C=N–C) groups is 1. The molecule has 0 saturated carbocycles. The van der Waals surface area contributed by atoms with Crippen molar-refractivity contribution in [1.29, 1.82) is 0 Å². The normalized spacial score (nSPS) is 11.1. The number of hydrogen-bond donors (Lipinski definition) is 0. The SMILES string of the molecule is C=C/C=C(\C=C/C)N=C=O. The number of isocyanates is 1. The van der Waals surface area contributed by atoms with Gasteiger partial charge in [-0.1, -0.05) is 18.7 Å². The first kappa shape index (κ1) is 8.60. The molecule has 0 atom stereocenters. The number of allylic oxidation sites excluding steroid dienone is 4. The molecule has 0 radical (unpaired) electrons. The van der Waals surface area contributed by atoms with Crippen LogP contribution in [0.4, 0.5) is 0 Å². The van der Waals surface area contributed by atoms with Gasteiger partial charge < -0.3 is 0 Å². The monoisotopic (exact) mass is 135 g/mol. The highest BCUT2D eigenvalue weighted by Gasteiger charge is 1.80. The summed E-state index contributed by atoms with van der Waals surface area (Å²) in [6.45, 7) is 5.31. The van der Waals surface area contributed by atoms with Crippen LogP contribution in [0, 0.1) is 0 Å². The Morgan fingerprint density at radius 1 is 1.70 bits per heavy atom. The Morgan fingerprint density at radius 3 is 2.80 bits per heavy atom. The van der Waals surface area contributed by atoms with Gasteiger partial charge in [0.25, 0.3) is 0 Å². The molecule has 0 aromatic carbocycles. The van der Waals surface area contributed by atoms with Crippen molar-refractivity contribution in [3.05, 3.63) is 36.6 Å². The molecule has 0 amide bonds. The van der Waals surface area contributed by atoms with E-state index in [1.807, 2.05) is 6.92 Å². The summed E-state index contributed by atoms with van der Waals surface area (Å²) >= 11 is 0. The highest BCUT2D eigenvalue weighted by atomic mass is 16.1. The summed E-state index contributed by atoms with van der Waals surface area (Å²) in [6, 6.07) is 0. The minimum atomic E-state index is 0.563. The first-order valence-electron chi connectivity index (χ1n) is 2.88. The Labute approximate surface area is 60.3 Å². The summed E-state index contributed by atoms with van der Waals surface area (Å²) in [5.41, 5.74) is 0.563. The third kappa shape index (κ3) is 3.58. The summed E-state index contributed by atoms with van der Waals surface area (Å²) in [6.07, 6.45) is 8.13. The van der Waals surface area contributed by atoms with Gasteiger partial charge in [-0.2, -0.15) is 4.99 Å². The maximum Gasteiger partial charge on any atom is 0.240 e. The van der Waals surface area contributed by atoms with Crippen LogP contribution in [0.2, 0.25) is 0 Å². The van der Waals surface area contributed by atoms with Crippen LogP contribution in [0.1, 0.15) is 6.92 Å². The Hall–Kier alpha value is -1.40. The molecule has 0 aromatic heterocycles. The van der Waals surface area contributed by atoms with E-state index >= 15 is 0 Å². The third-order valence-corrected chi connectivity index (χ3v) is 0.801. The quantitative estimate of drug-likeness (QED) is 0.330. The van der Waals surface area contributed by atoms with Crippen LogP contribution >= 0.6 is 0 Å². The fourth-order valence-electron chi connectivity index (χ4n) is 0.474. The Kier molecular flexibility index (Phi) is 4.93. The van der Waals surface area contributed by atoms with E-state index in [1.54, 1.807) is 24.3 Å². The van der Waals surface area contributed by atoms with Gasteiger partial charge in [0.1, 0.15) is 0 Å². The second-order valence-corrected chi connectivity index (χ2v) is 1.53. The van der Waals surface area contributed by atoms with Crippen molar-refractivity contribution in [3.63, 3.8) is 0 Å². The smallest absolute Gasteiger partial charge is 0.211 e. The Balaban J connectivity index is 4.39. The molecule has 0 rings (SSSR count). The van der Waals surface area contributed by atoms with Crippen LogP contribution in [0.25, 0.3) is 0 Å². The summed E-state index contributed by atoms with van der Waals surface area (Å²) in [7, 11) is 0. The van der Waals surface area contributed by atoms with Crippen LogP contribution in [0.5, 0.6) is 0 Å². The summed E-state index contributed by atoms with van der Waals surface area (Å²) in [4.78, 5) is 13.2. The van der Waals surface area contributed by atoms with E-state index in [0.717, 1.165) is 0 Å². The molecular weight excluding hydrogens is 126 g/mol. The fraction of sp³-hybridized carbons (Fsp3) is 0.125. The van der Waals surface area contributed by atoms with Crippen LogP contribution in [-0.2, 0) is 4.79 Å². The minimum Gasteiger partial charge on any atom is -0.211 e. The lowest BCUT2D eigenvalue weighted by Crippen LogP contribution is -1.67. The summed E-state index contributed by atoms with van der Waals surface area (Å²) < 4.78 is 0. The lowest BCUT2D eigenvalue weighted by atomic mass is 10.3. The first-order valence-corrected chi connectivity index (χ1v) is 2.88. The predicted molar refractivity (Wildman–Crippen MR) is 41.2 cm³/mol. The van der Waals surface area contributed by atoms with Gasteiger partial charge in [0.2, 0.25) is 6.08 Å². The number of carbonyl (C=O) groups excluding carboxylic acids is 1. The van der Waals surface area contributed by atoms with Crippen molar-refractivity contribution in [2.75, 3.05) is 0 Å². The van der Waals surface area contributed by atoms with Crippen LogP contribution in [0.15, 0.2) is 41.6 Å². The third-order valence-electron chi connectivity index (χ3n) is 0.801. The van der Waals surface area contributed by atoms with E-state index in [0.29, 0.717) is 5.70 Å². The average Bonchev–Trinajstić information content (AvgIpc) is 1.90. The van der Waals surface area contributed by atoms with Gasteiger partial charge in [0.15, 0.2) is 0 Å². The van der Waals surface area contributed by atoms with Crippen molar-refractivity contribution in [3.8, 4) is 0 Å². The molecular formula is C8H9NO. The fourth-order valence-corrected chi connectivity index (χ4v) is 0.474. The van der Waals surface area contributed by atoms with Crippen LogP contribution < -0.4 is 0 Å². The van der Waals surface area contributed by atoms with E-state index in [-0.39, 0.29) is 0 Å². The first-order chi connectivity index (χ1) is 4.85. The highest BCUT2D eigenvalue weighted by Crippen LogP contribution is 1.96. The zero-order valence-electron chi connectivity index (χ0n) is 5.87. The van der Waals surface area contributed by atoms with Gasteiger partial charge in [-0.25, -0.2) is 4.79 Å². The molecule has 0 aromatic rings. The second kappa shape index (κ2) is 5.73. The maximum absolute atomic E-state index is 9.76. The zero-order valence-corrected chi connectivity index (χ0v) is 5.87. The van der Waals surface area contributed by atoms with Crippen molar-refractivity contribution < 1.29 is 4.79 Å². The molecule has 0 bridgehead atoms. The standard InChI is InChI=1S/C8H9NO/c1-3-5-8(6-4-2)9-7-10/h3-6H,1H2,2H3/b6-4-,8-5+. The number of rotatable bonds is 3. The van der Waals surface area contributed by atoms with Crippen molar-refractivity contribution in [2.45, 2.75) is 6.92 Å². The van der Waals surface area contributed by atoms with Crippen LogP contribution in [0.3, 0.4) is 0 Å². The molecule has 0 aliphatic heterocycles. The molecule has 0 heterocycles. The molecule has 0 saturated heterocycles. The molecule has 0 spiro atoms. The summed E-state index contributed by atoms with van der Waals surface area (Å²) in [5.74, 6) is 0. The molecule has 2 nitrogen and oxygen atoms in total. The molecule has 0 fully saturated rings.